The van der Waals surface area contributed by atoms with Crippen molar-refractivity contribution in [1.82, 2.24) is 9.78 Å². The van der Waals surface area contributed by atoms with Crippen LogP contribution in [0.3, 0.4) is 0 Å². The minimum atomic E-state index is -1.52. The number of carbonyl (C=O) groups is 1. The Labute approximate surface area is 109 Å². The van der Waals surface area contributed by atoms with Gasteiger partial charge in [-0.1, -0.05) is 0 Å². The van der Waals surface area contributed by atoms with Crippen molar-refractivity contribution in [3.63, 3.8) is 0 Å². The summed E-state index contributed by atoms with van der Waals surface area (Å²) in [5.41, 5.74) is -2.19. The number of nitrogens with zero attached hydrogens (tertiary/aromatic N) is 3. The molecule has 0 bridgehead atoms. The topological polar surface area (TPSA) is 115 Å². The van der Waals surface area contributed by atoms with Gasteiger partial charge in [0.2, 0.25) is 16.9 Å². The first kappa shape index (κ1) is 13.3. The van der Waals surface area contributed by atoms with Gasteiger partial charge in [-0.3, -0.25) is 14.9 Å². The molecule has 0 amide bonds. The number of aromatic nitrogens is 2. The lowest BCUT2D eigenvalue weighted by Crippen LogP contribution is -2.20. The number of halogens is 1. The summed E-state index contributed by atoms with van der Waals surface area (Å²) >= 11 is 0. The molecule has 0 saturated carbocycles. The Morgan fingerprint density at radius 3 is 2.65 bits per heavy atom. The highest BCUT2D eigenvalue weighted by Gasteiger charge is 2.16. The zero-order chi connectivity index (χ0) is 14.9. The predicted octanol–water partition coefficient (Wildman–Crippen LogP) is 0.978. The maximum absolute atomic E-state index is 13.5. The number of nitro groups is 1. The minimum Gasteiger partial charge on any atom is -0.476 e. The number of hydrogen-bond acceptors (Lipinski definition) is 5. The summed E-state index contributed by atoms with van der Waals surface area (Å²) in [6, 6.07) is 3.88. The molecule has 0 aliphatic rings. The van der Waals surface area contributed by atoms with E-state index in [2.05, 4.69) is 5.10 Å². The number of nitro benzene ring substituents is 1. The van der Waals surface area contributed by atoms with Crippen LogP contribution in [0.2, 0.25) is 0 Å². The second-order valence-corrected chi connectivity index (χ2v) is 3.67. The van der Waals surface area contributed by atoms with E-state index in [9.17, 15) is 24.1 Å². The highest BCUT2D eigenvalue weighted by Crippen LogP contribution is 2.19. The quantitative estimate of drug-likeness (QED) is 0.661. The van der Waals surface area contributed by atoms with Crippen LogP contribution in [0.5, 0.6) is 0 Å². The van der Waals surface area contributed by atoms with Crippen LogP contribution in [0, 0.1) is 15.9 Å². The molecular formula is C11H6FN3O5. The molecule has 102 valence electrons. The fourth-order valence-corrected chi connectivity index (χ4v) is 1.49. The van der Waals surface area contributed by atoms with Crippen molar-refractivity contribution in [3.05, 3.63) is 62.3 Å². The maximum atomic E-state index is 13.5. The molecule has 0 spiro atoms. The highest BCUT2D eigenvalue weighted by atomic mass is 19.1. The van der Waals surface area contributed by atoms with Crippen molar-refractivity contribution < 1.29 is 19.2 Å². The number of aromatic carboxylic acids is 1. The molecule has 0 saturated heterocycles. The maximum Gasteiger partial charge on any atom is 0.360 e. The van der Waals surface area contributed by atoms with Gasteiger partial charge in [-0.15, -0.1) is 0 Å². The Hall–Kier alpha value is -3.10. The fraction of sp³-hybridized carbons (Fsp3) is 0. The van der Waals surface area contributed by atoms with Gasteiger partial charge in [-0.05, 0) is 6.07 Å². The lowest BCUT2D eigenvalue weighted by atomic mass is 10.2. The summed E-state index contributed by atoms with van der Waals surface area (Å²) in [5, 5.41) is 22.8. The second-order valence-electron chi connectivity index (χ2n) is 3.67. The van der Waals surface area contributed by atoms with Gasteiger partial charge < -0.3 is 5.11 Å². The molecule has 20 heavy (non-hydrogen) atoms. The van der Waals surface area contributed by atoms with E-state index in [0.29, 0.717) is 0 Å². The summed E-state index contributed by atoms with van der Waals surface area (Å²) in [5.74, 6) is -2.61. The Bertz CT molecular complexity index is 771. The summed E-state index contributed by atoms with van der Waals surface area (Å²) in [7, 11) is 0. The number of hydrogen-bond donors (Lipinski definition) is 1. The molecule has 0 aliphatic heterocycles. The molecule has 0 unspecified atom stereocenters. The van der Waals surface area contributed by atoms with Crippen LogP contribution in [0.25, 0.3) is 5.69 Å². The zero-order valence-electron chi connectivity index (χ0n) is 9.69. The smallest absolute Gasteiger partial charge is 0.360 e. The Morgan fingerprint density at radius 2 is 2.10 bits per heavy atom. The Balaban J connectivity index is 2.55. The van der Waals surface area contributed by atoms with Crippen molar-refractivity contribution >= 4 is 11.7 Å². The van der Waals surface area contributed by atoms with E-state index >= 15 is 0 Å². The van der Waals surface area contributed by atoms with Crippen molar-refractivity contribution in [2.75, 3.05) is 0 Å². The van der Waals surface area contributed by atoms with Crippen LogP contribution < -0.4 is 5.43 Å². The van der Waals surface area contributed by atoms with Gasteiger partial charge in [0.1, 0.15) is 0 Å². The van der Waals surface area contributed by atoms with E-state index < -0.39 is 33.5 Å². The van der Waals surface area contributed by atoms with Gasteiger partial charge in [0, 0.05) is 24.4 Å². The molecule has 0 aliphatic carbocycles. The molecular weight excluding hydrogens is 273 g/mol. The summed E-state index contributed by atoms with van der Waals surface area (Å²) in [6.45, 7) is 0. The van der Waals surface area contributed by atoms with Crippen LogP contribution in [-0.4, -0.2) is 25.8 Å². The Morgan fingerprint density at radius 1 is 1.40 bits per heavy atom. The molecule has 1 aromatic carbocycles. The number of rotatable bonds is 3. The number of benzene rings is 1. The van der Waals surface area contributed by atoms with Crippen LogP contribution in [0.1, 0.15) is 10.5 Å². The van der Waals surface area contributed by atoms with Gasteiger partial charge in [0.15, 0.2) is 0 Å². The first-order valence-corrected chi connectivity index (χ1v) is 5.18. The van der Waals surface area contributed by atoms with E-state index in [1.807, 2.05) is 0 Å². The normalized spacial score (nSPS) is 10.2. The van der Waals surface area contributed by atoms with Crippen molar-refractivity contribution in [2.45, 2.75) is 0 Å². The van der Waals surface area contributed by atoms with Gasteiger partial charge in [0.25, 0.3) is 0 Å². The summed E-state index contributed by atoms with van der Waals surface area (Å²) in [4.78, 5) is 31.6. The largest absolute Gasteiger partial charge is 0.476 e. The van der Waals surface area contributed by atoms with E-state index in [4.69, 9.17) is 5.11 Å². The van der Waals surface area contributed by atoms with Crippen LogP contribution in [0.15, 0.2) is 35.3 Å². The van der Waals surface area contributed by atoms with E-state index in [1.165, 1.54) is 6.07 Å². The van der Waals surface area contributed by atoms with Crippen molar-refractivity contribution in [2.24, 2.45) is 0 Å². The third kappa shape index (κ3) is 2.36. The van der Waals surface area contributed by atoms with E-state index in [0.717, 1.165) is 29.1 Å². The number of carboxylic acids is 1. The van der Waals surface area contributed by atoms with Gasteiger partial charge in [-0.2, -0.15) is 9.49 Å². The molecule has 0 atom stereocenters. The fourth-order valence-electron chi connectivity index (χ4n) is 1.49. The third-order valence-electron chi connectivity index (χ3n) is 2.40. The SMILES string of the molecule is O=C(O)c1nn(-c2ccc([N+](=O)[O-])c(F)c2)ccc1=O. The molecule has 0 fully saturated rings. The number of carboxylic acid groups (broad SMARTS) is 1. The van der Waals surface area contributed by atoms with Gasteiger partial charge in [0.05, 0.1) is 10.6 Å². The molecule has 8 nitrogen and oxygen atoms in total. The van der Waals surface area contributed by atoms with Gasteiger partial charge in [-0.25, -0.2) is 9.48 Å². The summed E-state index contributed by atoms with van der Waals surface area (Å²) in [6.07, 6.45) is 1.13. The lowest BCUT2D eigenvalue weighted by Gasteiger charge is -2.05. The minimum absolute atomic E-state index is 0.0515. The molecule has 1 heterocycles. The van der Waals surface area contributed by atoms with Crippen LogP contribution in [-0.2, 0) is 0 Å². The molecule has 1 N–H and O–H groups in total. The molecule has 0 radical (unpaired) electrons. The molecule has 2 aromatic rings. The van der Waals surface area contributed by atoms with Gasteiger partial charge >= 0.3 is 11.7 Å². The Kier molecular flexibility index (Phi) is 3.25. The lowest BCUT2D eigenvalue weighted by molar-refractivity contribution is -0.387. The van der Waals surface area contributed by atoms with Crippen LogP contribution >= 0.6 is 0 Å². The molecule has 9 heteroatoms. The highest BCUT2D eigenvalue weighted by molar-refractivity contribution is 5.84. The van der Waals surface area contributed by atoms with E-state index in [-0.39, 0.29) is 5.69 Å². The standard InChI is InChI=1S/C11H6FN3O5/c12-7-5-6(1-2-8(7)15(19)20)14-4-3-9(16)10(13-14)11(17)18/h1-5H,(H,17,18). The molecule has 2 rings (SSSR count). The van der Waals surface area contributed by atoms with Crippen molar-refractivity contribution in [3.8, 4) is 5.69 Å². The van der Waals surface area contributed by atoms with E-state index in [1.54, 1.807) is 0 Å². The van der Waals surface area contributed by atoms with Crippen molar-refractivity contribution in [1.29, 1.82) is 0 Å². The second kappa shape index (κ2) is 4.88. The average Bonchev–Trinajstić information content (AvgIpc) is 2.38. The zero-order valence-corrected chi connectivity index (χ0v) is 9.69. The molecule has 1 aromatic heterocycles. The van der Waals surface area contributed by atoms with Crippen LogP contribution in [0.4, 0.5) is 10.1 Å². The first-order chi connectivity index (χ1) is 9.40. The first-order valence-electron chi connectivity index (χ1n) is 5.18. The predicted molar refractivity (Wildman–Crippen MR) is 63.4 cm³/mol. The monoisotopic (exact) mass is 279 g/mol. The average molecular weight is 279 g/mol. The summed E-state index contributed by atoms with van der Waals surface area (Å²) < 4.78 is 14.4. The third-order valence-corrected chi connectivity index (χ3v) is 2.40.